The van der Waals surface area contributed by atoms with Crippen LogP contribution in [0.1, 0.15) is 35.0 Å². The summed E-state index contributed by atoms with van der Waals surface area (Å²) >= 11 is 1.74. The summed E-state index contributed by atoms with van der Waals surface area (Å²) in [6.07, 6.45) is 5.81. The molecular formula is C17H22N4OS. The Morgan fingerprint density at radius 2 is 2.43 bits per heavy atom. The zero-order chi connectivity index (χ0) is 16.1. The molecule has 122 valence electrons. The molecule has 0 aliphatic carbocycles. The number of hydrogen-bond donors (Lipinski definition) is 1. The van der Waals surface area contributed by atoms with Gasteiger partial charge >= 0.3 is 0 Å². The van der Waals surface area contributed by atoms with E-state index in [1.807, 2.05) is 19.1 Å². The van der Waals surface area contributed by atoms with Crippen LogP contribution in [0.25, 0.3) is 0 Å². The number of aryl methyl sites for hydroxylation is 1. The molecule has 0 radical (unpaired) electrons. The van der Waals surface area contributed by atoms with Crippen molar-refractivity contribution in [2.45, 2.75) is 32.2 Å². The summed E-state index contributed by atoms with van der Waals surface area (Å²) in [6, 6.07) is 3.85. The van der Waals surface area contributed by atoms with Crippen LogP contribution in [0, 0.1) is 6.92 Å². The number of thiazole rings is 1. The topological polar surface area (TPSA) is 58.1 Å². The highest BCUT2D eigenvalue weighted by molar-refractivity contribution is 7.09. The molecule has 1 aliphatic rings. The number of nitrogens with zero attached hydrogens (tertiary/aromatic N) is 3. The minimum Gasteiger partial charge on any atom is -0.351 e. The van der Waals surface area contributed by atoms with E-state index in [1.54, 1.807) is 23.7 Å². The molecule has 3 rings (SSSR count). The number of aromatic nitrogens is 2. The summed E-state index contributed by atoms with van der Waals surface area (Å²) in [4.78, 5) is 23.0. The zero-order valence-corrected chi connectivity index (χ0v) is 14.2. The van der Waals surface area contributed by atoms with Gasteiger partial charge in [-0.25, -0.2) is 4.98 Å². The highest BCUT2D eigenvalue weighted by atomic mass is 32.1. The number of hydrogen-bond acceptors (Lipinski definition) is 5. The van der Waals surface area contributed by atoms with Gasteiger partial charge in [-0.2, -0.15) is 0 Å². The second kappa shape index (κ2) is 7.66. The number of piperidine rings is 1. The SMILES string of the molecule is Cc1csc(C2CCCN(CC(=O)NCc3cccnc3)C2)n1. The van der Waals surface area contributed by atoms with E-state index in [9.17, 15) is 4.79 Å². The number of rotatable bonds is 5. The van der Waals surface area contributed by atoms with Crippen LogP contribution in [-0.4, -0.2) is 40.4 Å². The van der Waals surface area contributed by atoms with Crippen LogP contribution in [0.5, 0.6) is 0 Å². The highest BCUT2D eigenvalue weighted by Crippen LogP contribution is 2.28. The fourth-order valence-corrected chi connectivity index (χ4v) is 3.85. The summed E-state index contributed by atoms with van der Waals surface area (Å²) < 4.78 is 0. The molecule has 1 amide bonds. The Bertz CT molecular complexity index is 643. The first-order chi connectivity index (χ1) is 11.2. The van der Waals surface area contributed by atoms with Crippen LogP contribution in [0.4, 0.5) is 0 Å². The molecule has 1 unspecified atom stereocenters. The third kappa shape index (κ3) is 4.59. The van der Waals surface area contributed by atoms with Crippen LogP contribution in [-0.2, 0) is 11.3 Å². The summed E-state index contributed by atoms with van der Waals surface area (Å²) in [5, 5.41) is 6.29. The van der Waals surface area contributed by atoms with E-state index in [0.717, 1.165) is 30.8 Å². The Balaban J connectivity index is 1.48. The van der Waals surface area contributed by atoms with Gasteiger partial charge in [0.05, 0.1) is 11.6 Å². The Morgan fingerprint density at radius 1 is 1.52 bits per heavy atom. The number of carbonyl (C=O) groups is 1. The van der Waals surface area contributed by atoms with Crippen LogP contribution in [0.15, 0.2) is 29.9 Å². The number of likely N-dealkylation sites (tertiary alicyclic amines) is 1. The van der Waals surface area contributed by atoms with Crippen molar-refractivity contribution in [1.29, 1.82) is 0 Å². The van der Waals surface area contributed by atoms with Crippen LogP contribution < -0.4 is 5.32 Å². The summed E-state index contributed by atoms with van der Waals surface area (Å²) in [6.45, 7) is 4.94. The molecule has 0 aromatic carbocycles. The monoisotopic (exact) mass is 330 g/mol. The van der Waals surface area contributed by atoms with Gasteiger partial charge < -0.3 is 5.32 Å². The van der Waals surface area contributed by atoms with Gasteiger partial charge in [-0.15, -0.1) is 11.3 Å². The minimum atomic E-state index is 0.0739. The largest absolute Gasteiger partial charge is 0.351 e. The molecule has 0 bridgehead atoms. The molecule has 1 fully saturated rings. The van der Waals surface area contributed by atoms with Crippen molar-refractivity contribution < 1.29 is 4.79 Å². The predicted molar refractivity (Wildman–Crippen MR) is 91.3 cm³/mol. The predicted octanol–water partition coefficient (Wildman–Crippen LogP) is 2.34. The minimum absolute atomic E-state index is 0.0739. The number of amides is 1. The van der Waals surface area contributed by atoms with Crippen LogP contribution in [0.3, 0.4) is 0 Å². The van der Waals surface area contributed by atoms with Gasteiger partial charge in [-0.05, 0) is 37.9 Å². The fourth-order valence-electron chi connectivity index (χ4n) is 2.92. The van der Waals surface area contributed by atoms with Crippen molar-refractivity contribution >= 4 is 17.2 Å². The van der Waals surface area contributed by atoms with E-state index in [2.05, 4.69) is 25.6 Å². The van der Waals surface area contributed by atoms with Gasteiger partial charge in [0.2, 0.25) is 5.91 Å². The summed E-state index contributed by atoms with van der Waals surface area (Å²) in [7, 11) is 0. The first kappa shape index (κ1) is 16.1. The molecule has 23 heavy (non-hydrogen) atoms. The lowest BCUT2D eigenvalue weighted by atomic mass is 9.99. The van der Waals surface area contributed by atoms with Crippen molar-refractivity contribution in [2.75, 3.05) is 19.6 Å². The van der Waals surface area contributed by atoms with E-state index < -0.39 is 0 Å². The Kier molecular flexibility index (Phi) is 5.35. The van der Waals surface area contributed by atoms with Gasteiger partial charge in [0.15, 0.2) is 0 Å². The van der Waals surface area contributed by atoms with Crippen molar-refractivity contribution in [1.82, 2.24) is 20.2 Å². The van der Waals surface area contributed by atoms with Crippen molar-refractivity contribution in [3.63, 3.8) is 0 Å². The third-order valence-corrected chi connectivity index (χ3v) is 5.20. The summed E-state index contributed by atoms with van der Waals surface area (Å²) in [5.74, 6) is 0.540. The van der Waals surface area contributed by atoms with Crippen molar-refractivity contribution in [3.8, 4) is 0 Å². The smallest absolute Gasteiger partial charge is 0.234 e. The third-order valence-electron chi connectivity index (χ3n) is 4.07. The Hall–Kier alpha value is -1.79. The zero-order valence-electron chi connectivity index (χ0n) is 13.4. The second-order valence-electron chi connectivity index (χ2n) is 6.04. The average Bonchev–Trinajstić information content (AvgIpc) is 3.01. The molecule has 0 saturated carbocycles. The molecule has 1 aliphatic heterocycles. The molecular weight excluding hydrogens is 308 g/mol. The maximum Gasteiger partial charge on any atom is 0.234 e. The van der Waals surface area contributed by atoms with Crippen molar-refractivity contribution in [3.05, 3.63) is 46.2 Å². The standard InChI is InChI=1S/C17H22N4OS/c1-13-12-23-17(20-13)15-5-3-7-21(10-15)11-16(22)19-9-14-4-2-6-18-8-14/h2,4,6,8,12,15H,3,5,7,9-11H2,1H3,(H,19,22). The van der Waals surface area contributed by atoms with Crippen molar-refractivity contribution in [2.24, 2.45) is 0 Å². The lowest BCUT2D eigenvalue weighted by molar-refractivity contribution is -0.122. The molecule has 2 aromatic heterocycles. The molecule has 5 nitrogen and oxygen atoms in total. The molecule has 1 saturated heterocycles. The molecule has 0 spiro atoms. The number of nitrogens with one attached hydrogen (secondary N) is 1. The lowest BCUT2D eigenvalue weighted by Gasteiger charge is -2.31. The van der Waals surface area contributed by atoms with E-state index in [0.29, 0.717) is 19.0 Å². The van der Waals surface area contributed by atoms with Gasteiger partial charge in [0.25, 0.3) is 0 Å². The van der Waals surface area contributed by atoms with Crippen LogP contribution in [0.2, 0.25) is 0 Å². The maximum atomic E-state index is 12.1. The fraction of sp³-hybridized carbons (Fsp3) is 0.471. The Labute approximate surface area is 140 Å². The molecule has 6 heteroatoms. The Morgan fingerprint density at radius 3 is 3.17 bits per heavy atom. The number of carbonyl (C=O) groups excluding carboxylic acids is 1. The van der Waals surface area contributed by atoms with Gasteiger partial charge in [-0.3, -0.25) is 14.7 Å². The van der Waals surface area contributed by atoms with E-state index in [4.69, 9.17) is 0 Å². The van der Waals surface area contributed by atoms with Crippen LogP contribution >= 0.6 is 11.3 Å². The lowest BCUT2D eigenvalue weighted by Crippen LogP contribution is -2.41. The number of pyridine rings is 1. The summed E-state index contributed by atoms with van der Waals surface area (Å²) in [5.41, 5.74) is 2.12. The average molecular weight is 330 g/mol. The molecule has 1 N–H and O–H groups in total. The van der Waals surface area contributed by atoms with E-state index in [1.165, 1.54) is 11.4 Å². The van der Waals surface area contributed by atoms with E-state index >= 15 is 0 Å². The van der Waals surface area contributed by atoms with Gasteiger partial charge in [-0.1, -0.05) is 6.07 Å². The van der Waals surface area contributed by atoms with Gasteiger partial charge in [0.1, 0.15) is 0 Å². The molecule has 1 atom stereocenters. The molecule has 2 aromatic rings. The second-order valence-corrected chi connectivity index (χ2v) is 6.93. The molecule has 3 heterocycles. The highest BCUT2D eigenvalue weighted by Gasteiger charge is 2.24. The quantitative estimate of drug-likeness (QED) is 0.914. The van der Waals surface area contributed by atoms with Gasteiger partial charge in [0, 0.05) is 42.5 Å². The first-order valence-corrected chi connectivity index (χ1v) is 8.88. The normalized spacial score (nSPS) is 18.7. The van der Waals surface area contributed by atoms with E-state index in [-0.39, 0.29) is 5.91 Å². The maximum absolute atomic E-state index is 12.1. The first-order valence-electron chi connectivity index (χ1n) is 8.00.